The molecule has 6 nitrogen and oxygen atoms in total. The molecule has 0 atom stereocenters. The standard InChI is InChI=1S/C31H41N3O3/c1-3-19-33(30(35)17-16-24-10-4-5-11-24)23-31(36)34(22-26-12-6-9-15-29(26)37-2)20-18-25-21-32-28-14-8-7-13-27(25)28/h6-9,12-15,21,24,32H,3-5,10-11,16-20,22-23H2,1-2H3. The SMILES string of the molecule is CCCN(CC(=O)N(CCc1c[nH]c2ccccc12)Cc1ccccc1OC)C(=O)CCC1CCCC1. The molecule has 0 saturated heterocycles. The quantitative estimate of drug-likeness (QED) is 0.313. The first-order valence-corrected chi connectivity index (χ1v) is 13.8. The number of nitrogens with zero attached hydrogens (tertiary/aromatic N) is 2. The monoisotopic (exact) mass is 503 g/mol. The molecule has 1 N–H and O–H groups in total. The van der Waals surface area contributed by atoms with Crippen molar-refractivity contribution in [1.82, 2.24) is 14.8 Å². The Morgan fingerprint density at radius 1 is 0.946 bits per heavy atom. The summed E-state index contributed by atoms with van der Waals surface area (Å²) in [5, 5.41) is 1.18. The second-order valence-electron chi connectivity index (χ2n) is 10.2. The lowest BCUT2D eigenvalue weighted by Crippen LogP contribution is -2.43. The van der Waals surface area contributed by atoms with E-state index in [-0.39, 0.29) is 18.4 Å². The van der Waals surface area contributed by atoms with Crippen molar-refractivity contribution in [2.45, 2.75) is 64.8 Å². The van der Waals surface area contributed by atoms with Gasteiger partial charge < -0.3 is 19.5 Å². The third-order valence-corrected chi connectivity index (χ3v) is 7.65. The van der Waals surface area contributed by atoms with Crippen molar-refractivity contribution in [3.8, 4) is 5.75 Å². The topological polar surface area (TPSA) is 65.6 Å². The fourth-order valence-corrected chi connectivity index (χ4v) is 5.53. The highest BCUT2D eigenvalue weighted by Crippen LogP contribution is 2.29. The highest BCUT2D eigenvalue weighted by atomic mass is 16.5. The summed E-state index contributed by atoms with van der Waals surface area (Å²) < 4.78 is 5.57. The number of aromatic nitrogens is 1. The molecular formula is C31H41N3O3. The Bertz CT molecular complexity index is 1170. The van der Waals surface area contributed by atoms with Crippen molar-refractivity contribution in [2.24, 2.45) is 5.92 Å². The fourth-order valence-electron chi connectivity index (χ4n) is 5.53. The zero-order valence-corrected chi connectivity index (χ0v) is 22.4. The molecule has 0 unspecified atom stereocenters. The van der Waals surface area contributed by atoms with E-state index in [4.69, 9.17) is 4.74 Å². The zero-order chi connectivity index (χ0) is 26.0. The molecule has 1 saturated carbocycles. The number of para-hydroxylation sites is 2. The predicted octanol–water partition coefficient (Wildman–Crippen LogP) is 5.96. The van der Waals surface area contributed by atoms with Crippen LogP contribution in [-0.4, -0.2) is 53.3 Å². The number of methoxy groups -OCH3 is 1. The number of ether oxygens (including phenoxy) is 1. The van der Waals surface area contributed by atoms with Crippen LogP contribution in [0.4, 0.5) is 0 Å². The van der Waals surface area contributed by atoms with Crippen LogP contribution in [0, 0.1) is 5.92 Å². The second-order valence-corrected chi connectivity index (χ2v) is 10.2. The van der Waals surface area contributed by atoms with Gasteiger partial charge in [-0.05, 0) is 42.9 Å². The first-order valence-electron chi connectivity index (χ1n) is 13.8. The molecule has 6 heteroatoms. The average Bonchev–Trinajstić information content (AvgIpc) is 3.59. The van der Waals surface area contributed by atoms with E-state index in [2.05, 4.69) is 24.0 Å². The summed E-state index contributed by atoms with van der Waals surface area (Å²) >= 11 is 0. The number of H-pyrrole nitrogens is 1. The van der Waals surface area contributed by atoms with E-state index in [1.165, 1.54) is 36.6 Å². The van der Waals surface area contributed by atoms with Crippen molar-refractivity contribution >= 4 is 22.7 Å². The van der Waals surface area contributed by atoms with Crippen LogP contribution >= 0.6 is 0 Å². The molecule has 198 valence electrons. The van der Waals surface area contributed by atoms with E-state index < -0.39 is 0 Å². The number of hydrogen-bond donors (Lipinski definition) is 1. The lowest BCUT2D eigenvalue weighted by atomic mass is 10.0. The molecule has 1 aliphatic carbocycles. The maximum Gasteiger partial charge on any atom is 0.242 e. The minimum atomic E-state index is -0.0200. The molecule has 1 fully saturated rings. The van der Waals surface area contributed by atoms with Gasteiger partial charge in [-0.1, -0.05) is 69.0 Å². The van der Waals surface area contributed by atoms with Gasteiger partial charge in [0.05, 0.1) is 13.7 Å². The molecule has 4 rings (SSSR count). The number of hydrogen-bond acceptors (Lipinski definition) is 3. The van der Waals surface area contributed by atoms with Crippen LogP contribution in [0.3, 0.4) is 0 Å². The van der Waals surface area contributed by atoms with E-state index in [0.29, 0.717) is 32.0 Å². The lowest BCUT2D eigenvalue weighted by molar-refractivity contribution is -0.141. The van der Waals surface area contributed by atoms with Gasteiger partial charge in [0.1, 0.15) is 5.75 Å². The normalized spacial score (nSPS) is 13.7. The molecule has 2 aromatic carbocycles. The Hall–Kier alpha value is -3.28. The molecule has 3 aromatic rings. The van der Waals surface area contributed by atoms with E-state index in [9.17, 15) is 9.59 Å². The molecule has 0 aliphatic heterocycles. The van der Waals surface area contributed by atoms with E-state index in [1.54, 1.807) is 12.0 Å². The summed E-state index contributed by atoms with van der Waals surface area (Å²) in [4.78, 5) is 33.8. The minimum Gasteiger partial charge on any atom is -0.496 e. The summed E-state index contributed by atoms with van der Waals surface area (Å²) in [7, 11) is 1.66. The zero-order valence-electron chi connectivity index (χ0n) is 22.4. The number of aromatic amines is 1. The molecule has 2 amide bonds. The van der Waals surface area contributed by atoms with Crippen molar-refractivity contribution in [1.29, 1.82) is 0 Å². The molecule has 1 heterocycles. The third-order valence-electron chi connectivity index (χ3n) is 7.65. The third kappa shape index (κ3) is 7.15. The van der Waals surface area contributed by atoms with Crippen LogP contribution in [0.2, 0.25) is 0 Å². The summed E-state index contributed by atoms with van der Waals surface area (Å²) in [6, 6.07) is 16.1. The Morgan fingerprint density at radius 3 is 2.49 bits per heavy atom. The number of benzene rings is 2. The summed E-state index contributed by atoms with van der Waals surface area (Å²) in [5.74, 6) is 1.52. The number of rotatable bonds is 13. The number of carbonyl (C=O) groups is 2. The van der Waals surface area contributed by atoms with Crippen LogP contribution in [0.25, 0.3) is 10.9 Å². The molecule has 0 radical (unpaired) electrons. The highest BCUT2D eigenvalue weighted by Gasteiger charge is 2.24. The van der Waals surface area contributed by atoms with Gasteiger partial charge in [0.15, 0.2) is 0 Å². The predicted molar refractivity (Wildman–Crippen MR) is 148 cm³/mol. The van der Waals surface area contributed by atoms with Gasteiger partial charge in [0.25, 0.3) is 0 Å². The average molecular weight is 504 g/mol. The van der Waals surface area contributed by atoms with Crippen molar-refractivity contribution in [3.63, 3.8) is 0 Å². The minimum absolute atomic E-state index is 0.0200. The van der Waals surface area contributed by atoms with Crippen LogP contribution < -0.4 is 4.74 Å². The van der Waals surface area contributed by atoms with Gasteiger partial charge in [-0.2, -0.15) is 0 Å². The maximum atomic E-state index is 13.7. The Kier molecular flexibility index (Phi) is 9.64. The number of amides is 2. The molecule has 37 heavy (non-hydrogen) atoms. The molecule has 0 bridgehead atoms. The van der Waals surface area contributed by atoms with Crippen molar-refractivity contribution in [3.05, 3.63) is 65.9 Å². The van der Waals surface area contributed by atoms with Gasteiger partial charge in [0, 0.05) is 48.7 Å². The van der Waals surface area contributed by atoms with Gasteiger partial charge in [-0.3, -0.25) is 9.59 Å². The van der Waals surface area contributed by atoms with Crippen molar-refractivity contribution in [2.75, 3.05) is 26.7 Å². The Labute approximate surface area is 221 Å². The number of fused-ring (bicyclic) bond motifs is 1. The molecular weight excluding hydrogens is 462 g/mol. The number of nitrogens with one attached hydrogen (secondary N) is 1. The van der Waals surface area contributed by atoms with Gasteiger partial charge >= 0.3 is 0 Å². The van der Waals surface area contributed by atoms with Crippen LogP contribution in [-0.2, 0) is 22.6 Å². The van der Waals surface area contributed by atoms with Crippen LogP contribution in [0.15, 0.2) is 54.7 Å². The summed E-state index contributed by atoms with van der Waals surface area (Å²) in [6.07, 6.45) is 10.1. The largest absolute Gasteiger partial charge is 0.496 e. The lowest BCUT2D eigenvalue weighted by Gasteiger charge is -2.28. The van der Waals surface area contributed by atoms with Gasteiger partial charge in [-0.15, -0.1) is 0 Å². The maximum absolute atomic E-state index is 13.7. The molecule has 0 spiro atoms. The van der Waals surface area contributed by atoms with E-state index >= 15 is 0 Å². The number of carbonyl (C=O) groups excluding carboxylic acids is 2. The molecule has 1 aromatic heterocycles. The first-order chi connectivity index (χ1) is 18.1. The first kappa shape index (κ1) is 26.8. The Morgan fingerprint density at radius 2 is 1.70 bits per heavy atom. The van der Waals surface area contributed by atoms with Crippen LogP contribution in [0.1, 0.15) is 63.0 Å². The van der Waals surface area contributed by atoms with Gasteiger partial charge in [-0.25, -0.2) is 0 Å². The summed E-state index contributed by atoms with van der Waals surface area (Å²) in [6.45, 7) is 3.81. The van der Waals surface area contributed by atoms with Gasteiger partial charge in [0.2, 0.25) is 11.8 Å². The second kappa shape index (κ2) is 13.3. The molecule has 1 aliphatic rings. The van der Waals surface area contributed by atoms with E-state index in [0.717, 1.165) is 36.1 Å². The van der Waals surface area contributed by atoms with E-state index in [1.807, 2.05) is 47.5 Å². The summed E-state index contributed by atoms with van der Waals surface area (Å²) in [5.41, 5.74) is 3.25. The fraction of sp³-hybridized carbons (Fsp3) is 0.484. The Balaban J connectivity index is 1.47. The van der Waals surface area contributed by atoms with Crippen molar-refractivity contribution < 1.29 is 14.3 Å². The smallest absolute Gasteiger partial charge is 0.242 e. The highest BCUT2D eigenvalue weighted by molar-refractivity contribution is 5.85. The van der Waals surface area contributed by atoms with Crippen LogP contribution in [0.5, 0.6) is 5.75 Å².